The van der Waals surface area contributed by atoms with Crippen molar-refractivity contribution in [3.8, 4) is 0 Å². The topological polar surface area (TPSA) is 96.1 Å². The van der Waals surface area contributed by atoms with Gasteiger partial charge in [0.25, 0.3) is 5.91 Å². The molecule has 0 unspecified atom stereocenters. The Morgan fingerprint density at radius 1 is 1.32 bits per heavy atom. The Kier molecular flexibility index (Phi) is 3.56. The minimum Gasteiger partial charge on any atom is -0.368 e. The first-order chi connectivity index (χ1) is 9.08. The van der Waals surface area contributed by atoms with Crippen LogP contribution in [-0.4, -0.2) is 47.1 Å². The average molecular weight is 260 g/mol. The lowest BCUT2D eigenvalue weighted by Crippen LogP contribution is -2.38. The van der Waals surface area contributed by atoms with Gasteiger partial charge >= 0.3 is 6.03 Å². The Morgan fingerprint density at radius 3 is 2.63 bits per heavy atom. The number of hydrogen-bond acceptors (Lipinski definition) is 4. The van der Waals surface area contributed by atoms with Gasteiger partial charge in [0.05, 0.1) is 6.21 Å². The first kappa shape index (κ1) is 12.7. The highest BCUT2D eigenvalue weighted by molar-refractivity contribution is 6.04. The second-order valence-electron chi connectivity index (χ2n) is 3.94. The van der Waals surface area contributed by atoms with Crippen molar-refractivity contribution in [3.63, 3.8) is 0 Å². The summed E-state index contributed by atoms with van der Waals surface area (Å²) in [4.78, 5) is 34.8. The number of benzene rings is 1. The lowest BCUT2D eigenvalue weighted by Gasteiger charge is -2.11. The minimum absolute atomic E-state index is 0.185. The molecule has 7 nitrogen and oxygen atoms in total. The van der Waals surface area contributed by atoms with Gasteiger partial charge in [-0.05, 0) is 5.56 Å². The molecule has 1 aliphatic rings. The molecule has 1 heterocycles. The van der Waals surface area contributed by atoms with Crippen LogP contribution in [0.15, 0.2) is 35.4 Å². The van der Waals surface area contributed by atoms with Crippen LogP contribution in [0.4, 0.5) is 4.79 Å². The van der Waals surface area contributed by atoms with Crippen molar-refractivity contribution in [2.24, 2.45) is 10.8 Å². The molecule has 1 aromatic rings. The number of imide groups is 1. The Hall–Kier alpha value is -2.70. The van der Waals surface area contributed by atoms with Crippen LogP contribution in [0.5, 0.6) is 0 Å². The van der Waals surface area contributed by atoms with E-state index in [-0.39, 0.29) is 6.54 Å². The maximum atomic E-state index is 11.8. The van der Waals surface area contributed by atoms with Gasteiger partial charge in [0.2, 0.25) is 5.91 Å². The van der Waals surface area contributed by atoms with Gasteiger partial charge in [0.1, 0.15) is 13.1 Å². The Morgan fingerprint density at radius 2 is 2.00 bits per heavy atom. The standard InChI is InChI=1S/C12H12N4O3/c13-10(17)7-15-11(18)8-16(12(15)19)14-6-9-4-2-1-3-5-9/h1-6H,7-8H2,(H2,13,17)/b14-6+. The molecule has 19 heavy (non-hydrogen) atoms. The quantitative estimate of drug-likeness (QED) is 0.598. The predicted octanol–water partition coefficient (Wildman–Crippen LogP) is -0.230. The van der Waals surface area contributed by atoms with Crippen molar-refractivity contribution in [2.75, 3.05) is 13.1 Å². The van der Waals surface area contributed by atoms with Gasteiger partial charge in [0, 0.05) is 0 Å². The molecule has 7 heteroatoms. The summed E-state index contributed by atoms with van der Waals surface area (Å²) < 4.78 is 0. The van der Waals surface area contributed by atoms with Gasteiger partial charge < -0.3 is 5.73 Å². The van der Waals surface area contributed by atoms with Crippen molar-refractivity contribution >= 4 is 24.1 Å². The fourth-order valence-corrected chi connectivity index (χ4v) is 1.60. The molecule has 0 bridgehead atoms. The van der Waals surface area contributed by atoms with E-state index in [1.54, 1.807) is 0 Å². The van der Waals surface area contributed by atoms with E-state index in [4.69, 9.17) is 5.73 Å². The van der Waals surface area contributed by atoms with Gasteiger partial charge in [-0.1, -0.05) is 30.3 Å². The van der Waals surface area contributed by atoms with Gasteiger partial charge in [0.15, 0.2) is 0 Å². The van der Waals surface area contributed by atoms with E-state index in [0.717, 1.165) is 15.5 Å². The predicted molar refractivity (Wildman–Crippen MR) is 67.0 cm³/mol. The van der Waals surface area contributed by atoms with Crippen LogP contribution >= 0.6 is 0 Å². The maximum Gasteiger partial charge on any atom is 0.348 e. The highest BCUT2D eigenvalue weighted by Crippen LogP contribution is 2.10. The SMILES string of the molecule is NC(=O)CN1C(=O)CN(/N=C/c2ccccc2)C1=O. The second kappa shape index (κ2) is 5.30. The number of nitrogens with zero attached hydrogens (tertiary/aromatic N) is 3. The van der Waals surface area contributed by atoms with Crippen LogP contribution in [-0.2, 0) is 9.59 Å². The molecular weight excluding hydrogens is 248 g/mol. The number of amides is 4. The van der Waals surface area contributed by atoms with E-state index in [1.165, 1.54) is 6.21 Å². The summed E-state index contributed by atoms with van der Waals surface area (Å²) in [5.41, 5.74) is 5.77. The minimum atomic E-state index is -0.740. The Bertz CT molecular complexity index is 541. The van der Waals surface area contributed by atoms with Crippen LogP contribution < -0.4 is 5.73 Å². The molecule has 0 radical (unpaired) electrons. The van der Waals surface area contributed by atoms with E-state index in [2.05, 4.69) is 5.10 Å². The zero-order valence-corrected chi connectivity index (χ0v) is 10.0. The highest BCUT2D eigenvalue weighted by atomic mass is 16.2. The van der Waals surface area contributed by atoms with Crippen LogP contribution in [0.1, 0.15) is 5.56 Å². The molecule has 0 atom stereocenters. The van der Waals surface area contributed by atoms with E-state index in [1.807, 2.05) is 30.3 Å². The second-order valence-corrected chi connectivity index (χ2v) is 3.94. The van der Waals surface area contributed by atoms with Gasteiger partial charge in [-0.15, -0.1) is 0 Å². The summed E-state index contributed by atoms with van der Waals surface area (Å²) in [7, 11) is 0. The normalized spacial score (nSPS) is 15.6. The summed E-state index contributed by atoms with van der Waals surface area (Å²) in [6, 6.07) is 8.50. The molecule has 2 N–H and O–H groups in total. The first-order valence-electron chi connectivity index (χ1n) is 5.57. The molecule has 1 saturated heterocycles. The first-order valence-corrected chi connectivity index (χ1v) is 5.57. The van der Waals surface area contributed by atoms with E-state index in [0.29, 0.717) is 0 Å². The number of rotatable bonds is 4. The zero-order chi connectivity index (χ0) is 13.8. The lowest BCUT2D eigenvalue weighted by molar-refractivity contribution is -0.129. The molecule has 1 fully saturated rings. The molecule has 0 aliphatic carbocycles. The number of carbonyl (C=O) groups is 3. The molecule has 0 aromatic heterocycles. The molecule has 1 aliphatic heterocycles. The third-order valence-corrected chi connectivity index (χ3v) is 2.50. The van der Waals surface area contributed by atoms with Crippen LogP contribution in [0.25, 0.3) is 0 Å². The van der Waals surface area contributed by atoms with Crippen molar-refractivity contribution < 1.29 is 14.4 Å². The van der Waals surface area contributed by atoms with Crippen LogP contribution in [0.2, 0.25) is 0 Å². The summed E-state index contributed by atoms with van der Waals surface area (Å²) in [5.74, 6) is -1.23. The third kappa shape index (κ3) is 2.95. The number of primary amides is 1. The van der Waals surface area contributed by atoms with Gasteiger partial charge in [-0.3, -0.25) is 14.5 Å². The fraction of sp³-hybridized carbons (Fsp3) is 0.167. The number of carbonyl (C=O) groups excluding carboxylic acids is 3. The van der Waals surface area contributed by atoms with Crippen LogP contribution in [0.3, 0.4) is 0 Å². The smallest absolute Gasteiger partial charge is 0.348 e. The summed E-state index contributed by atoms with van der Waals surface area (Å²) in [5, 5.41) is 4.92. The van der Waals surface area contributed by atoms with Crippen molar-refractivity contribution in [1.29, 1.82) is 0 Å². The van der Waals surface area contributed by atoms with Crippen molar-refractivity contribution in [1.82, 2.24) is 9.91 Å². The Balaban J connectivity index is 2.07. The molecule has 0 spiro atoms. The van der Waals surface area contributed by atoms with Gasteiger partial charge in [-0.2, -0.15) is 5.10 Å². The monoisotopic (exact) mass is 260 g/mol. The summed E-state index contributed by atoms with van der Waals surface area (Å²) >= 11 is 0. The van der Waals surface area contributed by atoms with E-state index < -0.39 is 24.4 Å². The number of nitrogens with two attached hydrogens (primary N) is 1. The largest absolute Gasteiger partial charge is 0.368 e. The Labute approximate surface area is 109 Å². The molecular formula is C12H12N4O3. The zero-order valence-electron chi connectivity index (χ0n) is 10.0. The molecule has 4 amide bonds. The van der Waals surface area contributed by atoms with Gasteiger partial charge in [-0.25, -0.2) is 9.80 Å². The fourth-order valence-electron chi connectivity index (χ4n) is 1.60. The van der Waals surface area contributed by atoms with Crippen molar-refractivity contribution in [3.05, 3.63) is 35.9 Å². The average Bonchev–Trinajstić information content (AvgIpc) is 2.65. The number of urea groups is 1. The molecule has 1 aromatic carbocycles. The van der Waals surface area contributed by atoms with Crippen molar-refractivity contribution in [2.45, 2.75) is 0 Å². The molecule has 2 rings (SSSR count). The lowest BCUT2D eigenvalue weighted by atomic mass is 10.2. The third-order valence-electron chi connectivity index (χ3n) is 2.50. The highest BCUT2D eigenvalue weighted by Gasteiger charge is 2.36. The molecule has 0 saturated carbocycles. The maximum absolute atomic E-state index is 11.8. The van der Waals surface area contributed by atoms with E-state index in [9.17, 15) is 14.4 Å². The molecule has 98 valence electrons. The number of hydrogen-bond donors (Lipinski definition) is 1. The van der Waals surface area contributed by atoms with E-state index >= 15 is 0 Å². The van der Waals surface area contributed by atoms with Crippen LogP contribution in [0, 0.1) is 0 Å². The summed E-state index contributed by atoms with van der Waals surface area (Å²) in [6.07, 6.45) is 1.47. The number of hydrazone groups is 1. The summed E-state index contributed by atoms with van der Waals surface area (Å²) in [6.45, 7) is -0.607.